The summed E-state index contributed by atoms with van der Waals surface area (Å²) in [4.78, 5) is 5.76. The van der Waals surface area contributed by atoms with Crippen LogP contribution in [0.25, 0.3) is 0 Å². The summed E-state index contributed by atoms with van der Waals surface area (Å²) in [5.74, 6) is 0.208. The van der Waals surface area contributed by atoms with Crippen LogP contribution in [0.3, 0.4) is 0 Å². The minimum atomic E-state index is -4.18. The van der Waals surface area contributed by atoms with Crippen LogP contribution in [-0.4, -0.2) is 49.3 Å². The Kier molecular flexibility index (Phi) is 6.42. The van der Waals surface area contributed by atoms with Crippen molar-refractivity contribution in [1.82, 2.24) is 15.5 Å². The predicted molar refractivity (Wildman–Crippen MR) is 85.3 cm³/mol. The first-order chi connectivity index (χ1) is 11.4. The lowest BCUT2D eigenvalue weighted by atomic mass is 10.2. The van der Waals surface area contributed by atoms with Crippen LogP contribution < -0.4 is 10.6 Å². The van der Waals surface area contributed by atoms with E-state index in [1.165, 1.54) is 17.0 Å². The first-order valence-electron chi connectivity index (χ1n) is 7.94. The molecular formula is C16H22F4N4. The highest BCUT2D eigenvalue weighted by Gasteiger charge is 2.34. The van der Waals surface area contributed by atoms with Crippen LogP contribution in [0.1, 0.15) is 18.9 Å². The van der Waals surface area contributed by atoms with Crippen LogP contribution in [0.5, 0.6) is 0 Å². The van der Waals surface area contributed by atoms with Crippen molar-refractivity contribution in [1.29, 1.82) is 0 Å². The molecule has 0 radical (unpaired) electrons. The first kappa shape index (κ1) is 18.5. The van der Waals surface area contributed by atoms with E-state index in [-0.39, 0.29) is 11.9 Å². The van der Waals surface area contributed by atoms with Crippen molar-refractivity contribution in [3.8, 4) is 0 Å². The highest BCUT2D eigenvalue weighted by molar-refractivity contribution is 5.80. The van der Waals surface area contributed by atoms with Crippen LogP contribution in [0.15, 0.2) is 29.3 Å². The molecule has 2 rings (SSSR count). The van der Waals surface area contributed by atoms with E-state index in [0.717, 1.165) is 5.56 Å². The van der Waals surface area contributed by atoms with E-state index in [9.17, 15) is 17.6 Å². The lowest BCUT2D eigenvalue weighted by Gasteiger charge is -2.19. The lowest BCUT2D eigenvalue weighted by molar-refractivity contribution is -0.143. The molecule has 1 atom stereocenters. The summed E-state index contributed by atoms with van der Waals surface area (Å²) in [6.07, 6.45) is -3.55. The van der Waals surface area contributed by atoms with Gasteiger partial charge in [0.25, 0.3) is 0 Å². The van der Waals surface area contributed by atoms with Gasteiger partial charge in [0.05, 0.1) is 13.1 Å². The molecule has 134 valence electrons. The standard InChI is InChI=1S/C16H22F4N4/c1-2-21-15(22-9-12-4-3-5-13(17)8-12)23-14-6-7-24(10-14)11-16(18,19)20/h3-5,8,14H,2,6-7,9-11H2,1H3,(H2,21,22,23). The molecule has 4 nitrogen and oxygen atoms in total. The Hall–Kier alpha value is -1.83. The second kappa shape index (κ2) is 8.32. The van der Waals surface area contributed by atoms with Gasteiger partial charge in [-0.1, -0.05) is 12.1 Å². The van der Waals surface area contributed by atoms with Gasteiger partial charge in [-0.3, -0.25) is 4.90 Å². The summed E-state index contributed by atoms with van der Waals surface area (Å²) in [6.45, 7) is 2.68. The number of halogens is 4. The van der Waals surface area contributed by atoms with Crippen LogP contribution in [0.2, 0.25) is 0 Å². The smallest absolute Gasteiger partial charge is 0.357 e. The number of benzene rings is 1. The molecule has 8 heteroatoms. The maximum absolute atomic E-state index is 13.2. The van der Waals surface area contributed by atoms with Gasteiger partial charge in [-0.25, -0.2) is 9.38 Å². The molecule has 0 bridgehead atoms. The molecule has 1 saturated heterocycles. The van der Waals surface area contributed by atoms with Crippen molar-refractivity contribution in [2.45, 2.75) is 32.1 Å². The van der Waals surface area contributed by atoms with E-state index in [2.05, 4.69) is 15.6 Å². The lowest BCUT2D eigenvalue weighted by Crippen LogP contribution is -2.45. The van der Waals surface area contributed by atoms with Crippen LogP contribution in [0, 0.1) is 5.82 Å². The average molecular weight is 346 g/mol. The van der Waals surface area contributed by atoms with Gasteiger partial charge in [-0.15, -0.1) is 0 Å². The van der Waals surface area contributed by atoms with Crippen LogP contribution in [-0.2, 0) is 6.54 Å². The number of guanidine groups is 1. The summed E-state index contributed by atoms with van der Waals surface area (Å²) in [7, 11) is 0. The van der Waals surface area contributed by atoms with Gasteiger partial charge in [-0.05, 0) is 31.0 Å². The third-order valence-electron chi connectivity index (χ3n) is 3.67. The molecule has 1 heterocycles. The summed E-state index contributed by atoms with van der Waals surface area (Å²) in [5, 5.41) is 6.22. The van der Waals surface area contributed by atoms with Crippen molar-refractivity contribution in [3.63, 3.8) is 0 Å². The molecule has 1 aromatic carbocycles. The number of rotatable bonds is 5. The highest BCUT2D eigenvalue weighted by Crippen LogP contribution is 2.19. The zero-order valence-electron chi connectivity index (χ0n) is 13.5. The molecule has 1 aromatic rings. The van der Waals surface area contributed by atoms with Crippen LogP contribution in [0.4, 0.5) is 17.6 Å². The Morgan fingerprint density at radius 2 is 2.17 bits per heavy atom. The highest BCUT2D eigenvalue weighted by atomic mass is 19.4. The Balaban J connectivity index is 1.90. The maximum atomic E-state index is 13.2. The fourth-order valence-electron chi connectivity index (χ4n) is 2.67. The molecule has 0 aromatic heterocycles. The number of aliphatic imine (C=N–C) groups is 1. The third kappa shape index (κ3) is 6.35. The Bertz CT molecular complexity index is 559. The molecule has 1 fully saturated rings. The van der Waals surface area contributed by atoms with Gasteiger partial charge in [0.1, 0.15) is 5.82 Å². The van der Waals surface area contributed by atoms with E-state index in [1.807, 2.05) is 6.92 Å². The molecule has 0 aliphatic carbocycles. The quantitative estimate of drug-likeness (QED) is 0.489. The summed E-state index contributed by atoms with van der Waals surface area (Å²) < 4.78 is 50.5. The predicted octanol–water partition coefficient (Wildman–Crippen LogP) is 2.52. The molecule has 0 amide bonds. The first-order valence-corrected chi connectivity index (χ1v) is 7.94. The largest absolute Gasteiger partial charge is 0.401 e. The number of hydrogen-bond acceptors (Lipinski definition) is 2. The van der Waals surface area contributed by atoms with Gasteiger partial charge < -0.3 is 10.6 Å². The van der Waals surface area contributed by atoms with E-state index in [4.69, 9.17) is 0 Å². The summed E-state index contributed by atoms with van der Waals surface area (Å²) >= 11 is 0. The Morgan fingerprint density at radius 1 is 1.38 bits per heavy atom. The van der Waals surface area contributed by atoms with Gasteiger partial charge in [-0.2, -0.15) is 13.2 Å². The maximum Gasteiger partial charge on any atom is 0.401 e. The summed E-state index contributed by atoms with van der Waals surface area (Å²) in [5.41, 5.74) is 0.734. The van der Waals surface area contributed by atoms with Crippen molar-refractivity contribution in [3.05, 3.63) is 35.6 Å². The monoisotopic (exact) mass is 346 g/mol. The zero-order chi connectivity index (χ0) is 17.6. The van der Waals surface area contributed by atoms with E-state index >= 15 is 0 Å². The minimum absolute atomic E-state index is 0.0855. The molecule has 0 saturated carbocycles. The zero-order valence-corrected chi connectivity index (χ0v) is 13.5. The van der Waals surface area contributed by atoms with Gasteiger partial charge >= 0.3 is 6.18 Å². The van der Waals surface area contributed by atoms with Crippen molar-refractivity contribution in [2.24, 2.45) is 4.99 Å². The SMILES string of the molecule is CCNC(=NCc1cccc(F)c1)NC1CCN(CC(F)(F)F)C1. The van der Waals surface area contributed by atoms with Crippen LogP contribution >= 0.6 is 0 Å². The van der Waals surface area contributed by atoms with Gasteiger partial charge in [0.2, 0.25) is 0 Å². The van der Waals surface area contributed by atoms with Crippen molar-refractivity contribution >= 4 is 5.96 Å². The van der Waals surface area contributed by atoms with Crippen molar-refractivity contribution in [2.75, 3.05) is 26.2 Å². The number of nitrogens with one attached hydrogen (secondary N) is 2. The second-order valence-electron chi connectivity index (χ2n) is 5.81. The van der Waals surface area contributed by atoms with Gasteiger partial charge in [0, 0.05) is 25.7 Å². The number of likely N-dealkylation sites (tertiary alicyclic amines) is 1. The molecule has 24 heavy (non-hydrogen) atoms. The number of alkyl halides is 3. The average Bonchev–Trinajstić information content (AvgIpc) is 2.90. The fraction of sp³-hybridized carbons (Fsp3) is 0.562. The second-order valence-corrected chi connectivity index (χ2v) is 5.81. The van der Waals surface area contributed by atoms with E-state index in [1.54, 1.807) is 12.1 Å². The molecular weight excluding hydrogens is 324 g/mol. The third-order valence-corrected chi connectivity index (χ3v) is 3.67. The molecule has 2 N–H and O–H groups in total. The molecule has 0 spiro atoms. The normalized spacial score (nSPS) is 19.5. The number of nitrogens with zero attached hydrogens (tertiary/aromatic N) is 2. The minimum Gasteiger partial charge on any atom is -0.357 e. The van der Waals surface area contributed by atoms with E-state index in [0.29, 0.717) is 38.6 Å². The topological polar surface area (TPSA) is 39.7 Å². The molecule has 1 aliphatic rings. The molecule has 1 aliphatic heterocycles. The van der Waals surface area contributed by atoms with E-state index < -0.39 is 12.7 Å². The Morgan fingerprint density at radius 3 is 2.83 bits per heavy atom. The molecule has 1 unspecified atom stereocenters. The summed E-state index contributed by atoms with van der Waals surface area (Å²) in [6, 6.07) is 6.08. The van der Waals surface area contributed by atoms with Gasteiger partial charge in [0.15, 0.2) is 5.96 Å². The fourth-order valence-corrected chi connectivity index (χ4v) is 2.67. The van der Waals surface area contributed by atoms with Crippen molar-refractivity contribution < 1.29 is 17.6 Å². The number of hydrogen-bond donors (Lipinski definition) is 2. The Labute approximate surface area is 138 Å².